The number of methoxy groups -OCH3 is 1. The summed E-state index contributed by atoms with van der Waals surface area (Å²) in [6.45, 7) is 0. The molecule has 2 aromatic rings. The van der Waals surface area contributed by atoms with Gasteiger partial charge in [-0.15, -0.1) is 0 Å². The predicted octanol–water partition coefficient (Wildman–Crippen LogP) is 2.62. The molecular weight excluding hydrogens is 330 g/mol. The second-order valence-electron chi connectivity index (χ2n) is 5.52. The second-order valence-corrected chi connectivity index (χ2v) is 5.52. The molecule has 126 valence electrons. The van der Waals surface area contributed by atoms with Gasteiger partial charge in [-0.05, 0) is 35.4 Å². The molecule has 0 spiro atoms. The molecule has 3 heterocycles. The predicted molar refractivity (Wildman–Crippen MR) is 99.9 cm³/mol. The quantitative estimate of drug-likeness (QED) is 0.866. The van der Waals surface area contributed by atoms with E-state index < -0.39 is 0 Å². The highest BCUT2D eigenvalue weighted by Gasteiger charge is 2.43. The van der Waals surface area contributed by atoms with E-state index in [1.165, 1.54) is 0 Å². The van der Waals surface area contributed by atoms with Gasteiger partial charge in [0.15, 0.2) is 11.9 Å². The molecule has 1 aromatic carbocycles. The summed E-state index contributed by atoms with van der Waals surface area (Å²) in [5.74, 6) is 1.86. The Bertz CT molecular complexity index is 997. The number of aromatic nitrogens is 1. The van der Waals surface area contributed by atoms with Crippen molar-refractivity contribution in [1.29, 1.82) is 5.26 Å². The average Bonchev–Trinajstić information content (AvgIpc) is 3.07. The Morgan fingerprint density at radius 1 is 1.15 bits per heavy atom. The number of nitriles is 1. The highest BCUT2D eigenvalue weighted by Crippen LogP contribution is 2.30. The molecule has 0 radical (unpaired) electrons. The summed E-state index contributed by atoms with van der Waals surface area (Å²) < 4.78 is 5.18. The first-order chi connectivity index (χ1) is 12.7. The maximum absolute atomic E-state index is 8.95. The molecule has 1 aromatic heterocycles. The van der Waals surface area contributed by atoms with E-state index in [0.717, 1.165) is 17.1 Å². The van der Waals surface area contributed by atoms with Crippen LogP contribution in [0, 0.1) is 11.3 Å². The monoisotopic (exact) mass is 344 g/mol. The van der Waals surface area contributed by atoms with E-state index in [4.69, 9.17) is 15.1 Å². The number of hydrogen-bond acceptors (Lipinski definition) is 7. The molecule has 0 amide bonds. The Morgan fingerprint density at radius 3 is 2.69 bits per heavy atom. The minimum Gasteiger partial charge on any atom is -0.497 e. The lowest BCUT2D eigenvalue weighted by molar-refractivity contribution is 0.415. The lowest BCUT2D eigenvalue weighted by Gasteiger charge is -2.23. The van der Waals surface area contributed by atoms with Crippen molar-refractivity contribution < 1.29 is 4.74 Å². The number of rotatable bonds is 3. The standard InChI is InChI=1S/C18H14N7O/c1-26-16-6-3-13(4-7-16)22-18-23-17-12-20-8-9-25(17,24-18)15-5-2-14(10-19)21-11-15/h2-9,11-12H,1H3,(H,22,24)/q+1. The molecule has 8 nitrogen and oxygen atoms in total. The van der Waals surface area contributed by atoms with Crippen LogP contribution in [0.25, 0.3) is 0 Å². The summed E-state index contributed by atoms with van der Waals surface area (Å²) in [5, 5.41) is 16.8. The Kier molecular flexibility index (Phi) is 3.76. The van der Waals surface area contributed by atoms with Gasteiger partial charge < -0.3 is 10.1 Å². The molecule has 0 bridgehead atoms. The zero-order valence-corrected chi connectivity index (χ0v) is 13.9. The van der Waals surface area contributed by atoms with Gasteiger partial charge in [-0.1, -0.05) is 4.59 Å². The number of quaternary nitrogens is 1. The van der Waals surface area contributed by atoms with E-state index in [2.05, 4.69) is 20.3 Å². The number of amidine groups is 1. The number of benzene rings is 1. The maximum atomic E-state index is 8.95. The molecule has 0 aliphatic carbocycles. The number of hydrogen-bond donors (Lipinski definition) is 1. The van der Waals surface area contributed by atoms with Crippen LogP contribution < -0.4 is 14.6 Å². The zero-order valence-electron chi connectivity index (χ0n) is 13.9. The van der Waals surface area contributed by atoms with Gasteiger partial charge in [0, 0.05) is 11.8 Å². The second kappa shape index (κ2) is 6.23. The zero-order chi connectivity index (χ0) is 18.0. The number of pyridine rings is 1. The van der Waals surface area contributed by atoms with Gasteiger partial charge in [-0.2, -0.15) is 10.3 Å². The summed E-state index contributed by atoms with van der Waals surface area (Å²) in [5.41, 5.74) is 1.95. The van der Waals surface area contributed by atoms with E-state index in [9.17, 15) is 0 Å². The SMILES string of the molecule is COc1ccc(NC2=N[N+]3(c4ccc(C#N)nc4)C=CN=CC3=N2)cc1. The van der Waals surface area contributed by atoms with Crippen molar-refractivity contribution in [1.82, 2.24) is 9.58 Å². The molecule has 1 N–H and O–H groups in total. The van der Waals surface area contributed by atoms with Crippen molar-refractivity contribution in [2.24, 2.45) is 15.1 Å². The first-order valence-electron chi connectivity index (χ1n) is 7.80. The Labute approximate surface area is 149 Å². The van der Waals surface area contributed by atoms with Gasteiger partial charge >= 0.3 is 0 Å². The summed E-state index contributed by atoms with van der Waals surface area (Å²) in [6, 6.07) is 13.0. The molecule has 2 aliphatic heterocycles. The number of anilines is 1. The van der Waals surface area contributed by atoms with Crippen molar-refractivity contribution in [3.05, 3.63) is 60.7 Å². The van der Waals surface area contributed by atoms with Gasteiger partial charge in [0.1, 0.15) is 23.7 Å². The Hall–Kier alpha value is -3.83. The van der Waals surface area contributed by atoms with Crippen LogP contribution in [0.3, 0.4) is 0 Å². The van der Waals surface area contributed by atoms with E-state index in [1.807, 2.05) is 42.6 Å². The molecule has 1 atom stereocenters. The van der Waals surface area contributed by atoms with Crippen LogP contribution in [0.4, 0.5) is 11.4 Å². The van der Waals surface area contributed by atoms with Crippen molar-refractivity contribution in [3.63, 3.8) is 0 Å². The maximum Gasteiger partial charge on any atom is 0.287 e. The molecule has 1 unspecified atom stereocenters. The van der Waals surface area contributed by atoms with Crippen LogP contribution in [0.2, 0.25) is 0 Å². The molecule has 2 aliphatic rings. The largest absolute Gasteiger partial charge is 0.497 e. The fourth-order valence-corrected chi connectivity index (χ4v) is 2.67. The third-order valence-electron chi connectivity index (χ3n) is 3.98. The number of nitrogens with one attached hydrogen (secondary N) is 1. The van der Waals surface area contributed by atoms with Crippen molar-refractivity contribution in [3.8, 4) is 11.8 Å². The number of nitrogens with zero attached hydrogens (tertiary/aromatic N) is 6. The topological polar surface area (TPSA) is 95.0 Å². The molecule has 26 heavy (non-hydrogen) atoms. The molecular formula is C18H14N7O+. The van der Waals surface area contributed by atoms with Crippen molar-refractivity contribution >= 4 is 29.4 Å². The Morgan fingerprint density at radius 2 is 2.00 bits per heavy atom. The van der Waals surface area contributed by atoms with Gasteiger partial charge in [0.25, 0.3) is 11.8 Å². The minimum atomic E-state index is 0.0146. The van der Waals surface area contributed by atoms with E-state index in [0.29, 0.717) is 17.5 Å². The van der Waals surface area contributed by atoms with E-state index in [-0.39, 0.29) is 4.59 Å². The van der Waals surface area contributed by atoms with Crippen LogP contribution >= 0.6 is 0 Å². The normalized spacial score (nSPS) is 20.0. The molecule has 0 fully saturated rings. The third kappa shape index (κ3) is 2.62. The van der Waals surface area contributed by atoms with Crippen LogP contribution in [0.15, 0.2) is 70.1 Å². The summed E-state index contributed by atoms with van der Waals surface area (Å²) in [6.07, 6.45) is 6.75. The minimum absolute atomic E-state index is 0.0146. The number of fused-ring (bicyclic) bond motifs is 1. The lowest BCUT2D eigenvalue weighted by Crippen LogP contribution is -2.44. The average molecular weight is 344 g/mol. The fourth-order valence-electron chi connectivity index (χ4n) is 2.67. The summed E-state index contributed by atoms with van der Waals surface area (Å²) in [4.78, 5) is 12.8. The van der Waals surface area contributed by atoms with Gasteiger partial charge in [0.05, 0.1) is 19.5 Å². The highest BCUT2D eigenvalue weighted by molar-refractivity contribution is 6.38. The molecule has 4 rings (SSSR count). The summed E-state index contributed by atoms with van der Waals surface area (Å²) >= 11 is 0. The van der Waals surface area contributed by atoms with Crippen LogP contribution in [0.1, 0.15) is 5.69 Å². The van der Waals surface area contributed by atoms with E-state index >= 15 is 0 Å². The van der Waals surface area contributed by atoms with Gasteiger partial charge in [0.2, 0.25) is 0 Å². The van der Waals surface area contributed by atoms with Crippen molar-refractivity contribution in [2.75, 3.05) is 12.4 Å². The smallest absolute Gasteiger partial charge is 0.287 e. The van der Waals surface area contributed by atoms with Gasteiger partial charge in [-0.25, -0.2) is 4.98 Å². The number of aliphatic imine (C=N–C) groups is 2. The lowest BCUT2D eigenvalue weighted by atomic mass is 10.3. The Balaban J connectivity index is 1.69. The van der Waals surface area contributed by atoms with E-state index in [1.54, 1.807) is 31.8 Å². The molecule has 8 heteroatoms. The third-order valence-corrected chi connectivity index (χ3v) is 3.98. The molecule has 0 saturated carbocycles. The van der Waals surface area contributed by atoms with Crippen LogP contribution in [-0.2, 0) is 0 Å². The molecule has 0 saturated heterocycles. The number of guanidine groups is 1. The fraction of sp³-hybridized carbons (Fsp3) is 0.0556. The van der Waals surface area contributed by atoms with Crippen LogP contribution in [-0.4, -0.2) is 30.1 Å². The van der Waals surface area contributed by atoms with Gasteiger partial charge in [-0.3, -0.25) is 4.99 Å². The van der Waals surface area contributed by atoms with Crippen molar-refractivity contribution in [2.45, 2.75) is 0 Å². The highest BCUT2D eigenvalue weighted by atomic mass is 16.5. The number of ether oxygens (including phenoxy) is 1. The summed E-state index contributed by atoms with van der Waals surface area (Å²) in [7, 11) is 1.62. The first kappa shape index (κ1) is 15.7. The first-order valence-corrected chi connectivity index (χ1v) is 7.80. The van der Waals surface area contributed by atoms with Crippen LogP contribution in [0.5, 0.6) is 5.75 Å².